The van der Waals surface area contributed by atoms with Crippen molar-refractivity contribution < 1.29 is 9.90 Å². The Balaban J connectivity index is 2.76. The predicted molar refractivity (Wildman–Crippen MR) is 73.7 cm³/mol. The van der Waals surface area contributed by atoms with Gasteiger partial charge in [0.05, 0.1) is 0 Å². The zero-order valence-corrected chi connectivity index (χ0v) is 11.4. The lowest BCUT2D eigenvalue weighted by Crippen LogP contribution is -2.38. The molecule has 0 aliphatic heterocycles. The fourth-order valence-electron chi connectivity index (χ4n) is 2.06. The molecule has 0 heterocycles. The van der Waals surface area contributed by atoms with E-state index in [0.717, 1.165) is 18.4 Å². The van der Waals surface area contributed by atoms with Crippen LogP contribution in [0.3, 0.4) is 0 Å². The molecule has 100 valence electrons. The Morgan fingerprint density at radius 1 is 1.28 bits per heavy atom. The Kier molecular flexibility index (Phi) is 5.86. The lowest BCUT2D eigenvalue weighted by Gasteiger charge is -2.22. The van der Waals surface area contributed by atoms with Gasteiger partial charge in [-0.2, -0.15) is 0 Å². The average Bonchev–Trinajstić information content (AvgIpc) is 2.35. The molecule has 2 N–H and O–H groups in total. The second-order valence-corrected chi connectivity index (χ2v) is 4.72. The normalized spacial score (nSPS) is 14.2. The summed E-state index contributed by atoms with van der Waals surface area (Å²) in [4.78, 5) is 11.2. The quantitative estimate of drug-likeness (QED) is 0.779. The molecule has 0 aliphatic carbocycles. The number of nitrogens with one attached hydrogen (secondary N) is 1. The first-order chi connectivity index (χ1) is 8.58. The highest BCUT2D eigenvalue weighted by Crippen LogP contribution is 2.18. The molecule has 1 rings (SSSR count). The molecule has 2 atom stereocenters. The first-order valence-electron chi connectivity index (χ1n) is 6.63. The molecule has 3 nitrogen and oxygen atoms in total. The van der Waals surface area contributed by atoms with E-state index in [1.165, 1.54) is 5.56 Å². The van der Waals surface area contributed by atoms with Crippen molar-refractivity contribution in [1.82, 2.24) is 5.32 Å². The van der Waals surface area contributed by atoms with Crippen molar-refractivity contribution in [2.75, 3.05) is 0 Å². The van der Waals surface area contributed by atoms with Crippen molar-refractivity contribution in [3.05, 3.63) is 35.4 Å². The Bertz CT molecular complexity index is 373. The molecule has 0 aromatic heterocycles. The maximum atomic E-state index is 11.2. The van der Waals surface area contributed by atoms with Gasteiger partial charge >= 0.3 is 5.97 Å². The van der Waals surface area contributed by atoms with Gasteiger partial charge in [-0.25, -0.2) is 0 Å². The average molecular weight is 249 g/mol. The second-order valence-electron chi connectivity index (χ2n) is 4.72. The number of hydrogen-bond acceptors (Lipinski definition) is 2. The summed E-state index contributed by atoms with van der Waals surface area (Å²) in [6.07, 6.45) is 2.42. The summed E-state index contributed by atoms with van der Waals surface area (Å²) in [5.41, 5.74) is 2.38. The van der Waals surface area contributed by atoms with Crippen molar-refractivity contribution in [2.24, 2.45) is 0 Å². The SMILES string of the molecule is CCCC(NC(CC)c1ccc(C)cc1)C(=O)O. The van der Waals surface area contributed by atoms with Gasteiger partial charge in [-0.15, -0.1) is 0 Å². The van der Waals surface area contributed by atoms with E-state index in [-0.39, 0.29) is 6.04 Å². The van der Waals surface area contributed by atoms with Gasteiger partial charge in [-0.1, -0.05) is 50.1 Å². The van der Waals surface area contributed by atoms with Crippen LogP contribution in [-0.4, -0.2) is 17.1 Å². The van der Waals surface area contributed by atoms with Gasteiger partial charge in [0.1, 0.15) is 6.04 Å². The van der Waals surface area contributed by atoms with E-state index in [4.69, 9.17) is 0 Å². The first kappa shape index (κ1) is 14.7. The maximum absolute atomic E-state index is 11.2. The highest BCUT2D eigenvalue weighted by molar-refractivity contribution is 5.73. The van der Waals surface area contributed by atoms with E-state index in [1.807, 2.05) is 6.92 Å². The smallest absolute Gasteiger partial charge is 0.320 e. The molecule has 1 aromatic carbocycles. The zero-order chi connectivity index (χ0) is 13.5. The van der Waals surface area contributed by atoms with Crippen LogP contribution in [-0.2, 0) is 4.79 Å². The van der Waals surface area contributed by atoms with Crippen molar-refractivity contribution in [3.8, 4) is 0 Å². The van der Waals surface area contributed by atoms with Crippen LogP contribution in [0.5, 0.6) is 0 Å². The monoisotopic (exact) mass is 249 g/mol. The summed E-state index contributed by atoms with van der Waals surface area (Å²) < 4.78 is 0. The number of carbonyl (C=O) groups is 1. The van der Waals surface area contributed by atoms with Gasteiger partial charge in [-0.3, -0.25) is 10.1 Å². The fourth-order valence-corrected chi connectivity index (χ4v) is 2.06. The molecule has 0 amide bonds. The molecule has 0 saturated heterocycles. The maximum Gasteiger partial charge on any atom is 0.320 e. The van der Waals surface area contributed by atoms with Crippen LogP contribution in [0, 0.1) is 6.92 Å². The van der Waals surface area contributed by atoms with E-state index in [9.17, 15) is 9.90 Å². The van der Waals surface area contributed by atoms with E-state index in [1.54, 1.807) is 0 Å². The molecule has 0 radical (unpaired) electrons. The Morgan fingerprint density at radius 3 is 2.33 bits per heavy atom. The lowest BCUT2D eigenvalue weighted by molar-refractivity contribution is -0.139. The number of aryl methyl sites for hydroxylation is 1. The van der Waals surface area contributed by atoms with Gasteiger partial charge in [0.25, 0.3) is 0 Å². The summed E-state index contributed by atoms with van der Waals surface area (Å²) in [7, 11) is 0. The summed E-state index contributed by atoms with van der Waals surface area (Å²) in [5, 5.41) is 12.4. The van der Waals surface area contributed by atoms with Gasteiger partial charge in [0, 0.05) is 6.04 Å². The highest BCUT2D eigenvalue weighted by Gasteiger charge is 2.20. The number of aliphatic carboxylic acids is 1. The molecule has 0 aliphatic rings. The molecule has 1 aromatic rings. The molecule has 2 unspecified atom stereocenters. The third-order valence-electron chi connectivity index (χ3n) is 3.17. The first-order valence-corrected chi connectivity index (χ1v) is 6.63. The third-order valence-corrected chi connectivity index (χ3v) is 3.17. The van der Waals surface area contributed by atoms with Crippen molar-refractivity contribution in [3.63, 3.8) is 0 Å². The number of carboxylic acid groups (broad SMARTS) is 1. The summed E-state index contributed by atoms with van der Waals surface area (Å²) >= 11 is 0. The van der Waals surface area contributed by atoms with E-state index in [2.05, 4.69) is 43.4 Å². The topological polar surface area (TPSA) is 49.3 Å². The van der Waals surface area contributed by atoms with Crippen LogP contribution in [0.2, 0.25) is 0 Å². The number of rotatable bonds is 7. The molecule has 0 fully saturated rings. The van der Waals surface area contributed by atoms with Crippen LogP contribution in [0.4, 0.5) is 0 Å². The Morgan fingerprint density at radius 2 is 1.89 bits per heavy atom. The largest absolute Gasteiger partial charge is 0.480 e. The van der Waals surface area contributed by atoms with Crippen LogP contribution in [0.15, 0.2) is 24.3 Å². The van der Waals surface area contributed by atoms with Gasteiger partial charge in [0.15, 0.2) is 0 Å². The highest BCUT2D eigenvalue weighted by atomic mass is 16.4. The molecular weight excluding hydrogens is 226 g/mol. The summed E-state index contributed by atoms with van der Waals surface area (Å²) in [6, 6.07) is 7.92. The van der Waals surface area contributed by atoms with Crippen LogP contribution in [0.1, 0.15) is 50.3 Å². The second kappa shape index (κ2) is 7.17. The number of carboxylic acids is 1. The van der Waals surface area contributed by atoms with Crippen LogP contribution < -0.4 is 5.32 Å². The minimum absolute atomic E-state index is 0.109. The Labute approximate surface area is 109 Å². The minimum atomic E-state index is -0.762. The summed E-state index contributed by atoms with van der Waals surface area (Å²) in [5.74, 6) is -0.762. The van der Waals surface area contributed by atoms with Gasteiger partial charge < -0.3 is 5.11 Å². The lowest BCUT2D eigenvalue weighted by atomic mass is 10.0. The molecular formula is C15H23NO2. The van der Waals surface area contributed by atoms with E-state index in [0.29, 0.717) is 6.42 Å². The van der Waals surface area contributed by atoms with Gasteiger partial charge in [0.2, 0.25) is 0 Å². The molecule has 0 spiro atoms. The van der Waals surface area contributed by atoms with Crippen LogP contribution in [0.25, 0.3) is 0 Å². The number of hydrogen-bond donors (Lipinski definition) is 2. The van der Waals surface area contributed by atoms with E-state index < -0.39 is 12.0 Å². The van der Waals surface area contributed by atoms with E-state index >= 15 is 0 Å². The summed E-state index contributed by atoms with van der Waals surface area (Å²) in [6.45, 7) is 6.13. The fraction of sp³-hybridized carbons (Fsp3) is 0.533. The predicted octanol–water partition coefficient (Wildman–Crippen LogP) is 3.29. The molecule has 18 heavy (non-hydrogen) atoms. The van der Waals surface area contributed by atoms with Crippen molar-refractivity contribution in [1.29, 1.82) is 0 Å². The van der Waals surface area contributed by atoms with Gasteiger partial charge in [-0.05, 0) is 25.3 Å². The molecule has 0 bridgehead atoms. The van der Waals surface area contributed by atoms with Crippen molar-refractivity contribution >= 4 is 5.97 Å². The standard InChI is InChI=1S/C15H23NO2/c1-4-6-14(15(17)18)16-13(5-2)12-9-7-11(3)8-10-12/h7-10,13-14,16H,4-6H2,1-3H3,(H,17,18). The zero-order valence-electron chi connectivity index (χ0n) is 11.4. The van der Waals surface area contributed by atoms with Crippen LogP contribution >= 0.6 is 0 Å². The minimum Gasteiger partial charge on any atom is -0.480 e. The molecule has 0 saturated carbocycles. The third kappa shape index (κ3) is 4.15. The molecule has 3 heteroatoms. The van der Waals surface area contributed by atoms with Crippen molar-refractivity contribution in [2.45, 2.75) is 52.1 Å². The number of benzene rings is 1. The Hall–Kier alpha value is -1.35.